The van der Waals surface area contributed by atoms with Crippen molar-refractivity contribution in [2.24, 2.45) is 0 Å². The molecule has 0 spiro atoms. The normalized spacial score (nSPS) is 13.4. The fraction of sp³-hybridized carbons (Fsp3) is 0.471. The summed E-state index contributed by atoms with van der Waals surface area (Å²) in [6.45, 7) is 4.73. The highest BCUT2D eigenvalue weighted by Gasteiger charge is 2.25. The maximum Gasteiger partial charge on any atom is 0.254 e. The fourth-order valence-electron chi connectivity index (χ4n) is 3.00. The summed E-state index contributed by atoms with van der Waals surface area (Å²) in [6, 6.07) is 0. The van der Waals surface area contributed by atoms with Crippen LogP contribution in [0, 0.1) is 0 Å². The monoisotopic (exact) mass is 346 g/mol. The topological polar surface area (TPSA) is 76.0 Å². The number of amides is 2. The zero-order valence-electron chi connectivity index (χ0n) is 14.0. The van der Waals surface area contributed by atoms with Crippen LogP contribution in [-0.4, -0.2) is 21.6 Å². The molecule has 0 radical (unpaired) electrons. The number of rotatable bonds is 5. The van der Waals surface area contributed by atoms with E-state index < -0.39 is 0 Å². The number of carbonyl (C=O) groups excluding carboxylic acids is 2. The highest BCUT2D eigenvalue weighted by atomic mass is 32.1. The lowest BCUT2D eigenvalue weighted by atomic mass is 9.95. The molecular weight excluding hydrogens is 324 g/mol. The maximum atomic E-state index is 12.7. The van der Waals surface area contributed by atoms with Gasteiger partial charge in [-0.1, -0.05) is 0 Å². The zero-order chi connectivity index (χ0) is 17.1. The molecular formula is C17H22N4O2S. The molecule has 1 aliphatic rings. The van der Waals surface area contributed by atoms with Gasteiger partial charge in [0.1, 0.15) is 5.00 Å². The van der Waals surface area contributed by atoms with Gasteiger partial charge in [-0.3, -0.25) is 14.3 Å². The van der Waals surface area contributed by atoms with Gasteiger partial charge in [0, 0.05) is 36.7 Å². The molecule has 2 N–H and O–H groups in total. The number of hydrogen-bond donors (Lipinski definition) is 2. The van der Waals surface area contributed by atoms with Crippen molar-refractivity contribution in [2.45, 2.75) is 52.6 Å². The summed E-state index contributed by atoms with van der Waals surface area (Å²) in [5, 5.41) is 10.7. The van der Waals surface area contributed by atoms with Gasteiger partial charge in [0.15, 0.2) is 0 Å². The van der Waals surface area contributed by atoms with Gasteiger partial charge in [0.2, 0.25) is 5.91 Å². The van der Waals surface area contributed by atoms with Gasteiger partial charge in [-0.15, -0.1) is 11.3 Å². The molecule has 2 aromatic rings. The van der Waals surface area contributed by atoms with Crippen molar-refractivity contribution >= 4 is 28.2 Å². The number of anilines is 1. The molecule has 0 fully saturated rings. The van der Waals surface area contributed by atoms with Crippen LogP contribution in [0.1, 0.15) is 53.1 Å². The van der Waals surface area contributed by atoms with E-state index in [0.717, 1.165) is 43.4 Å². The molecule has 2 aromatic heterocycles. The molecule has 2 amide bonds. The quantitative estimate of drug-likeness (QED) is 0.874. The Kier molecular flexibility index (Phi) is 4.99. The summed E-state index contributed by atoms with van der Waals surface area (Å²) in [5.41, 5.74) is 2.72. The van der Waals surface area contributed by atoms with Crippen molar-refractivity contribution in [3.8, 4) is 0 Å². The average molecular weight is 346 g/mol. The van der Waals surface area contributed by atoms with Crippen LogP contribution in [0.2, 0.25) is 0 Å². The van der Waals surface area contributed by atoms with Crippen molar-refractivity contribution < 1.29 is 9.59 Å². The molecule has 2 heterocycles. The van der Waals surface area contributed by atoms with Crippen LogP contribution in [0.15, 0.2) is 12.4 Å². The zero-order valence-corrected chi connectivity index (χ0v) is 14.8. The second-order valence-corrected chi connectivity index (χ2v) is 7.09. The molecule has 24 heavy (non-hydrogen) atoms. The SMILES string of the molecule is CCn1cc(CNC(=O)c2c(NC(C)=O)sc3c2CCCC3)cn1. The first-order valence-electron chi connectivity index (χ1n) is 8.30. The van der Waals surface area contributed by atoms with Crippen LogP contribution in [0.4, 0.5) is 5.00 Å². The summed E-state index contributed by atoms with van der Waals surface area (Å²) < 4.78 is 1.83. The van der Waals surface area contributed by atoms with E-state index in [1.807, 2.05) is 17.8 Å². The van der Waals surface area contributed by atoms with Crippen LogP contribution in [0.25, 0.3) is 0 Å². The van der Waals surface area contributed by atoms with Gasteiger partial charge in [-0.05, 0) is 38.2 Å². The summed E-state index contributed by atoms with van der Waals surface area (Å²) in [5.74, 6) is -0.269. The third-order valence-corrected chi connectivity index (χ3v) is 5.36. The number of aryl methyl sites for hydroxylation is 2. The van der Waals surface area contributed by atoms with Crippen molar-refractivity contribution in [1.29, 1.82) is 0 Å². The van der Waals surface area contributed by atoms with E-state index in [4.69, 9.17) is 0 Å². The summed E-state index contributed by atoms with van der Waals surface area (Å²) in [6.07, 6.45) is 7.82. The van der Waals surface area contributed by atoms with Crippen molar-refractivity contribution in [3.05, 3.63) is 34.0 Å². The molecule has 0 unspecified atom stereocenters. The first-order chi connectivity index (χ1) is 11.6. The van der Waals surface area contributed by atoms with Crippen molar-refractivity contribution in [2.75, 3.05) is 5.32 Å². The number of aromatic nitrogens is 2. The number of hydrogen-bond acceptors (Lipinski definition) is 4. The van der Waals surface area contributed by atoms with Crippen LogP contribution < -0.4 is 10.6 Å². The van der Waals surface area contributed by atoms with Crippen LogP contribution >= 0.6 is 11.3 Å². The molecule has 7 heteroatoms. The summed E-state index contributed by atoms with van der Waals surface area (Å²) in [7, 11) is 0. The second kappa shape index (κ2) is 7.17. The highest BCUT2D eigenvalue weighted by Crippen LogP contribution is 2.38. The number of nitrogens with zero attached hydrogens (tertiary/aromatic N) is 2. The highest BCUT2D eigenvalue weighted by molar-refractivity contribution is 7.17. The first kappa shape index (κ1) is 16.7. The lowest BCUT2D eigenvalue weighted by Gasteiger charge is -2.13. The number of nitrogens with one attached hydrogen (secondary N) is 2. The molecule has 0 bridgehead atoms. The van der Waals surface area contributed by atoms with E-state index in [1.54, 1.807) is 6.20 Å². The molecule has 0 saturated heterocycles. The van der Waals surface area contributed by atoms with E-state index in [1.165, 1.54) is 23.1 Å². The predicted molar refractivity (Wildman–Crippen MR) is 94.3 cm³/mol. The Hall–Kier alpha value is -2.15. The standard InChI is InChI=1S/C17H22N4O2S/c1-3-21-10-12(9-19-21)8-18-16(23)15-13-6-4-5-7-14(13)24-17(15)20-11(2)22/h9-10H,3-8H2,1-2H3,(H,18,23)(H,20,22). The van der Waals surface area contributed by atoms with E-state index in [9.17, 15) is 9.59 Å². The third-order valence-electron chi connectivity index (χ3n) is 4.15. The van der Waals surface area contributed by atoms with Gasteiger partial charge >= 0.3 is 0 Å². The Morgan fingerprint density at radius 2 is 2.12 bits per heavy atom. The summed E-state index contributed by atoms with van der Waals surface area (Å²) >= 11 is 1.54. The Bertz CT molecular complexity index is 763. The second-order valence-electron chi connectivity index (χ2n) is 5.98. The van der Waals surface area contributed by atoms with Gasteiger partial charge in [-0.25, -0.2) is 0 Å². The van der Waals surface area contributed by atoms with E-state index in [2.05, 4.69) is 15.7 Å². The predicted octanol–water partition coefficient (Wildman–Crippen LogP) is 2.73. The van der Waals surface area contributed by atoms with Crippen molar-refractivity contribution in [3.63, 3.8) is 0 Å². The minimum absolute atomic E-state index is 0.123. The Morgan fingerprint density at radius 3 is 2.83 bits per heavy atom. The van der Waals surface area contributed by atoms with E-state index >= 15 is 0 Å². The Morgan fingerprint density at radius 1 is 1.33 bits per heavy atom. The smallest absolute Gasteiger partial charge is 0.254 e. The van der Waals surface area contributed by atoms with Crippen LogP contribution in [-0.2, 0) is 30.7 Å². The molecule has 0 aromatic carbocycles. The van der Waals surface area contributed by atoms with Crippen molar-refractivity contribution in [1.82, 2.24) is 15.1 Å². The molecule has 6 nitrogen and oxygen atoms in total. The molecule has 0 atom stereocenters. The molecule has 1 aliphatic carbocycles. The van der Waals surface area contributed by atoms with E-state index in [0.29, 0.717) is 17.1 Å². The van der Waals surface area contributed by atoms with E-state index in [-0.39, 0.29) is 11.8 Å². The lowest BCUT2D eigenvalue weighted by Crippen LogP contribution is -2.25. The number of carbonyl (C=O) groups is 2. The van der Waals surface area contributed by atoms with Crippen LogP contribution in [0.5, 0.6) is 0 Å². The fourth-order valence-corrected chi connectivity index (χ4v) is 4.33. The molecule has 0 aliphatic heterocycles. The molecule has 0 saturated carbocycles. The molecule has 128 valence electrons. The van der Waals surface area contributed by atoms with Gasteiger partial charge in [0.05, 0.1) is 11.8 Å². The Labute approximate surface area is 145 Å². The third kappa shape index (κ3) is 3.51. The lowest BCUT2D eigenvalue weighted by molar-refractivity contribution is -0.114. The number of fused-ring (bicyclic) bond motifs is 1. The minimum atomic E-state index is -0.146. The van der Waals surface area contributed by atoms with Crippen LogP contribution in [0.3, 0.4) is 0 Å². The average Bonchev–Trinajstić information content (AvgIpc) is 3.15. The first-order valence-corrected chi connectivity index (χ1v) is 9.11. The maximum absolute atomic E-state index is 12.7. The molecule has 3 rings (SSSR count). The summed E-state index contributed by atoms with van der Waals surface area (Å²) in [4.78, 5) is 25.4. The largest absolute Gasteiger partial charge is 0.348 e. The Balaban J connectivity index is 1.79. The van der Waals surface area contributed by atoms with Gasteiger partial charge < -0.3 is 10.6 Å². The van der Waals surface area contributed by atoms with Gasteiger partial charge in [0.25, 0.3) is 5.91 Å². The number of thiophene rings is 1. The van der Waals surface area contributed by atoms with Gasteiger partial charge in [-0.2, -0.15) is 5.10 Å². The minimum Gasteiger partial charge on any atom is -0.348 e.